The molecule has 0 unspecified atom stereocenters. The molecule has 0 fully saturated rings. The number of nitrogens with one attached hydrogen (secondary N) is 2. The van der Waals surface area contributed by atoms with Crippen molar-refractivity contribution in [2.45, 2.75) is 5.92 Å². The molecule has 2 heterocycles. The molecule has 2 aromatic heterocycles. The third-order valence-corrected chi connectivity index (χ3v) is 6.74. The lowest BCUT2D eigenvalue weighted by molar-refractivity contribution is 0.413. The summed E-state index contributed by atoms with van der Waals surface area (Å²) in [7, 11) is 3.42. The van der Waals surface area contributed by atoms with Crippen LogP contribution in [-0.4, -0.2) is 24.2 Å². The minimum Gasteiger partial charge on any atom is -0.497 e. The lowest BCUT2D eigenvalue weighted by Crippen LogP contribution is -2.06. The number of H-pyrrole nitrogens is 2. The van der Waals surface area contributed by atoms with Gasteiger partial charge in [-0.05, 0) is 47.5 Å². The van der Waals surface area contributed by atoms with Crippen LogP contribution in [0, 0.1) is 0 Å². The van der Waals surface area contributed by atoms with E-state index in [1.54, 1.807) is 14.2 Å². The van der Waals surface area contributed by atoms with E-state index in [9.17, 15) is 0 Å². The molecule has 4 nitrogen and oxygen atoms in total. The van der Waals surface area contributed by atoms with Crippen LogP contribution in [0.5, 0.6) is 11.5 Å². The molecule has 0 amide bonds. The van der Waals surface area contributed by atoms with Gasteiger partial charge in [0.25, 0.3) is 0 Å². The fourth-order valence-electron chi connectivity index (χ4n) is 5.12. The highest BCUT2D eigenvalue weighted by Crippen LogP contribution is 2.44. The average molecular weight is 459 g/mol. The predicted molar refractivity (Wildman–Crippen MR) is 143 cm³/mol. The Labute approximate surface area is 204 Å². The lowest BCUT2D eigenvalue weighted by Gasteiger charge is -2.21. The lowest BCUT2D eigenvalue weighted by atomic mass is 9.84. The van der Waals surface area contributed by atoms with Crippen molar-refractivity contribution in [3.05, 3.63) is 120 Å². The Hall–Kier alpha value is -4.44. The average Bonchev–Trinajstić information content (AvgIpc) is 3.50. The summed E-state index contributed by atoms with van der Waals surface area (Å²) in [6.07, 6.45) is 2.12. The van der Waals surface area contributed by atoms with Crippen molar-refractivity contribution in [3.8, 4) is 22.6 Å². The first kappa shape index (κ1) is 21.1. The molecule has 0 saturated heterocycles. The van der Waals surface area contributed by atoms with E-state index in [0.717, 1.165) is 39.4 Å². The first-order chi connectivity index (χ1) is 17.3. The largest absolute Gasteiger partial charge is 0.497 e. The van der Waals surface area contributed by atoms with Gasteiger partial charge in [0.2, 0.25) is 0 Å². The third-order valence-electron chi connectivity index (χ3n) is 6.74. The van der Waals surface area contributed by atoms with Crippen LogP contribution in [0.15, 0.2) is 103 Å². The van der Waals surface area contributed by atoms with Crippen LogP contribution in [0.3, 0.4) is 0 Å². The van der Waals surface area contributed by atoms with E-state index >= 15 is 0 Å². The van der Waals surface area contributed by atoms with Crippen LogP contribution in [0.1, 0.15) is 22.7 Å². The van der Waals surface area contributed by atoms with E-state index < -0.39 is 0 Å². The van der Waals surface area contributed by atoms with Crippen LogP contribution in [-0.2, 0) is 0 Å². The molecule has 35 heavy (non-hydrogen) atoms. The molecule has 0 aliphatic carbocycles. The van der Waals surface area contributed by atoms with Crippen LogP contribution < -0.4 is 9.47 Å². The minimum atomic E-state index is -0.0590. The normalized spacial score (nSPS) is 11.4. The molecule has 0 aliphatic heterocycles. The van der Waals surface area contributed by atoms with Crippen molar-refractivity contribution in [1.29, 1.82) is 0 Å². The molecule has 6 aromatic rings. The molecule has 6 rings (SSSR count). The molecule has 0 radical (unpaired) electrons. The fraction of sp³-hybridized carbons (Fsp3) is 0.0968. The maximum absolute atomic E-state index is 5.60. The number of methoxy groups -OCH3 is 2. The van der Waals surface area contributed by atoms with E-state index in [2.05, 4.69) is 101 Å². The topological polar surface area (TPSA) is 50.0 Å². The van der Waals surface area contributed by atoms with E-state index in [4.69, 9.17) is 9.47 Å². The summed E-state index contributed by atoms with van der Waals surface area (Å²) in [6, 6.07) is 33.6. The molecule has 0 bridgehead atoms. The maximum atomic E-state index is 5.60. The maximum Gasteiger partial charge on any atom is 0.119 e. The number of ether oxygens (including phenoxy) is 2. The van der Waals surface area contributed by atoms with Crippen LogP contribution >= 0.6 is 0 Å². The van der Waals surface area contributed by atoms with Gasteiger partial charge in [0.1, 0.15) is 11.5 Å². The summed E-state index contributed by atoms with van der Waals surface area (Å²) in [6.45, 7) is 0. The summed E-state index contributed by atoms with van der Waals surface area (Å²) in [5, 5.41) is 2.40. The monoisotopic (exact) mass is 458 g/mol. The van der Waals surface area contributed by atoms with Gasteiger partial charge < -0.3 is 19.4 Å². The highest BCUT2D eigenvalue weighted by molar-refractivity contribution is 6.06. The van der Waals surface area contributed by atoms with Gasteiger partial charge in [0, 0.05) is 50.7 Å². The minimum absolute atomic E-state index is 0.0590. The standard InChI is InChI=1S/C31H26N2O2/c1-34-22-11-7-9-20(17-22)29(21-10-8-12-23(18-21)35-2)31-30(25-14-4-6-16-28(25)33-31)26-19-32-27-15-5-3-13-24(26)27/h3-19,29,32-33H,1-2H3. The molecular weight excluding hydrogens is 432 g/mol. The molecule has 2 N–H and O–H groups in total. The smallest absolute Gasteiger partial charge is 0.119 e. The Balaban J connectivity index is 1.68. The molecule has 0 saturated carbocycles. The molecule has 4 heteroatoms. The van der Waals surface area contributed by atoms with Crippen LogP contribution in [0.25, 0.3) is 32.9 Å². The van der Waals surface area contributed by atoms with E-state index in [1.807, 2.05) is 12.1 Å². The van der Waals surface area contributed by atoms with Gasteiger partial charge in [-0.2, -0.15) is 0 Å². The van der Waals surface area contributed by atoms with Gasteiger partial charge in [-0.3, -0.25) is 0 Å². The molecule has 0 aliphatic rings. The second-order valence-corrected chi connectivity index (χ2v) is 8.69. The fourth-order valence-corrected chi connectivity index (χ4v) is 5.12. The number of hydrogen-bond acceptors (Lipinski definition) is 2. The van der Waals surface area contributed by atoms with E-state index in [-0.39, 0.29) is 5.92 Å². The number of rotatable bonds is 6. The second-order valence-electron chi connectivity index (χ2n) is 8.69. The number of aromatic amines is 2. The SMILES string of the molecule is COc1cccc(C(c2cccc(OC)c2)c2[nH]c3ccccc3c2-c2c[nH]c3ccccc23)c1. The predicted octanol–water partition coefficient (Wildman–Crippen LogP) is 7.51. The van der Waals surface area contributed by atoms with Crippen molar-refractivity contribution >= 4 is 21.8 Å². The van der Waals surface area contributed by atoms with Gasteiger partial charge in [0.15, 0.2) is 0 Å². The number of para-hydroxylation sites is 2. The number of fused-ring (bicyclic) bond motifs is 2. The van der Waals surface area contributed by atoms with Crippen molar-refractivity contribution in [2.75, 3.05) is 14.2 Å². The summed E-state index contributed by atoms with van der Waals surface area (Å²) in [5.74, 6) is 1.61. The summed E-state index contributed by atoms with van der Waals surface area (Å²) >= 11 is 0. The first-order valence-electron chi connectivity index (χ1n) is 11.7. The Morgan fingerprint density at radius 3 is 1.89 bits per heavy atom. The molecule has 4 aromatic carbocycles. The number of hydrogen-bond donors (Lipinski definition) is 2. The summed E-state index contributed by atoms with van der Waals surface area (Å²) in [4.78, 5) is 7.26. The quantitative estimate of drug-likeness (QED) is 0.271. The Morgan fingerprint density at radius 1 is 0.629 bits per heavy atom. The van der Waals surface area contributed by atoms with Crippen molar-refractivity contribution < 1.29 is 9.47 Å². The highest BCUT2D eigenvalue weighted by atomic mass is 16.5. The number of benzene rings is 4. The van der Waals surface area contributed by atoms with Crippen molar-refractivity contribution in [3.63, 3.8) is 0 Å². The molecule has 0 atom stereocenters. The van der Waals surface area contributed by atoms with E-state index in [1.165, 1.54) is 21.9 Å². The second kappa shape index (κ2) is 8.73. The van der Waals surface area contributed by atoms with Gasteiger partial charge in [0.05, 0.1) is 14.2 Å². The van der Waals surface area contributed by atoms with Gasteiger partial charge in [-0.1, -0.05) is 60.7 Å². The zero-order valence-electron chi connectivity index (χ0n) is 19.7. The molecule has 0 spiro atoms. The van der Waals surface area contributed by atoms with Crippen LogP contribution in [0.2, 0.25) is 0 Å². The third kappa shape index (κ3) is 3.64. The Morgan fingerprint density at radius 2 is 1.23 bits per heavy atom. The van der Waals surface area contributed by atoms with Gasteiger partial charge in [-0.25, -0.2) is 0 Å². The van der Waals surface area contributed by atoms with Crippen molar-refractivity contribution in [1.82, 2.24) is 9.97 Å². The first-order valence-corrected chi connectivity index (χ1v) is 11.7. The molecular formula is C31H26N2O2. The zero-order valence-corrected chi connectivity index (χ0v) is 19.7. The highest BCUT2D eigenvalue weighted by Gasteiger charge is 2.26. The van der Waals surface area contributed by atoms with Gasteiger partial charge in [-0.15, -0.1) is 0 Å². The van der Waals surface area contributed by atoms with Gasteiger partial charge >= 0.3 is 0 Å². The Kier molecular flexibility index (Phi) is 5.27. The zero-order chi connectivity index (χ0) is 23.8. The number of aromatic nitrogens is 2. The van der Waals surface area contributed by atoms with E-state index in [0.29, 0.717) is 0 Å². The Bertz CT molecular complexity index is 1600. The van der Waals surface area contributed by atoms with Crippen molar-refractivity contribution in [2.24, 2.45) is 0 Å². The molecule has 172 valence electrons. The summed E-state index contributed by atoms with van der Waals surface area (Å²) in [5.41, 5.74) is 8.04. The van der Waals surface area contributed by atoms with Crippen LogP contribution in [0.4, 0.5) is 0 Å². The summed E-state index contributed by atoms with van der Waals surface area (Å²) < 4.78 is 11.2.